The number of benzene rings is 1. The molecule has 0 atom stereocenters. The molecule has 1 aromatic rings. The average Bonchev–Trinajstić information content (AvgIpc) is 2.51. The molecule has 0 heterocycles. The number of hydrogen-bond acceptors (Lipinski definition) is 5. The van der Waals surface area contributed by atoms with Crippen LogP contribution in [0.5, 0.6) is 17.2 Å². The summed E-state index contributed by atoms with van der Waals surface area (Å²) in [4.78, 5) is 14.7. The van der Waals surface area contributed by atoms with Crippen molar-refractivity contribution in [1.82, 2.24) is 4.90 Å². The maximum absolute atomic E-state index is 12.5. The number of rotatable bonds is 7. The molecule has 25 heavy (non-hydrogen) atoms. The van der Waals surface area contributed by atoms with Gasteiger partial charge in [-0.2, -0.15) is 0 Å². The van der Waals surface area contributed by atoms with Crippen LogP contribution in [0.2, 0.25) is 0 Å². The van der Waals surface area contributed by atoms with Crippen LogP contribution in [0.4, 0.5) is 0 Å². The van der Waals surface area contributed by atoms with Crippen LogP contribution in [0.25, 0.3) is 0 Å². The van der Waals surface area contributed by atoms with Gasteiger partial charge in [-0.15, -0.1) is 0 Å². The first-order valence-electron chi connectivity index (χ1n) is 8.51. The summed E-state index contributed by atoms with van der Waals surface area (Å²) >= 11 is 0. The Hall–Kier alpha value is -1.75. The summed E-state index contributed by atoms with van der Waals surface area (Å²) in [5, 5.41) is 0. The predicted octanol–water partition coefficient (Wildman–Crippen LogP) is 3.93. The van der Waals surface area contributed by atoms with Crippen molar-refractivity contribution in [1.29, 1.82) is 0 Å². The van der Waals surface area contributed by atoms with Crippen molar-refractivity contribution in [2.45, 2.75) is 53.6 Å². The van der Waals surface area contributed by atoms with E-state index in [1.165, 1.54) is 0 Å². The zero-order valence-electron chi connectivity index (χ0n) is 17.1. The quantitative estimate of drug-likeness (QED) is 0.745. The predicted molar refractivity (Wildman–Crippen MR) is 101 cm³/mol. The third-order valence-electron chi connectivity index (χ3n) is 4.22. The van der Waals surface area contributed by atoms with E-state index in [1.807, 2.05) is 32.9 Å². The molecule has 1 aromatic carbocycles. The lowest BCUT2D eigenvalue weighted by molar-refractivity contribution is -0.129. The molecular weight excluding hydrogens is 318 g/mol. The summed E-state index contributed by atoms with van der Waals surface area (Å²) in [6, 6.07) is 3.86. The van der Waals surface area contributed by atoms with E-state index in [0.717, 1.165) is 5.56 Å². The summed E-state index contributed by atoms with van der Waals surface area (Å²) in [5.74, 6) is 2.03. The Kier molecular flexibility index (Phi) is 6.89. The van der Waals surface area contributed by atoms with Crippen LogP contribution in [-0.4, -0.2) is 44.1 Å². The van der Waals surface area contributed by atoms with Crippen LogP contribution < -0.4 is 14.2 Å². The highest BCUT2D eigenvalue weighted by Gasteiger charge is 2.29. The van der Waals surface area contributed by atoms with E-state index >= 15 is 0 Å². The fraction of sp³-hybridized carbons (Fsp3) is 0.650. The minimum atomic E-state index is -0.362. The molecule has 0 N–H and O–H groups in total. The van der Waals surface area contributed by atoms with Gasteiger partial charge in [0.2, 0.25) is 5.75 Å². The molecule has 0 aliphatic carbocycles. The smallest absolute Gasteiger partial charge is 0.203 e. The Morgan fingerprint density at radius 1 is 0.920 bits per heavy atom. The van der Waals surface area contributed by atoms with Gasteiger partial charge in [-0.3, -0.25) is 9.69 Å². The van der Waals surface area contributed by atoms with E-state index in [2.05, 4.69) is 25.7 Å². The fourth-order valence-electron chi connectivity index (χ4n) is 2.39. The van der Waals surface area contributed by atoms with E-state index in [1.54, 1.807) is 21.3 Å². The SMILES string of the molecule is COc1cc(CN(CC(=O)C(C)(C)C)C(C)(C)C)cc(OC)c1OC. The summed E-state index contributed by atoms with van der Waals surface area (Å²) in [6.07, 6.45) is 0. The van der Waals surface area contributed by atoms with Crippen LogP contribution in [0.15, 0.2) is 12.1 Å². The van der Waals surface area contributed by atoms with Crippen molar-refractivity contribution in [3.8, 4) is 17.2 Å². The van der Waals surface area contributed by atoms with Crippen LogP contribution in [0, 0.1) is 5.41 Å². The van der Waals surface area contributed by atoms with Gasteiger partial charge in [0.05, 0.1) is 27.9 Å². The van der Waals surface area contributed by atoms with Gasteiger partial charge in [0.15, 0.2) is 17.3 Å². The Labute approximate surface area is 152 Å². The van der Waals surface area contributed by atoms with Gasteiger partial charge in [-0.1, -0.05) is 20.8 Å². The molecule has 0 fully saturated rings. The first-order chi connectivity index (χ1) is 11.4. The number of ether oxygens (including phenoxy) is 3. The van der Waals surface area contributed by atoms with Gasteiger partial charge < -0.3 is 14.2 Å². The van der Waals surface area contributed by atoms with Crippen molar-refractivity contribution in [2.75, 3.05) is 27.9 Å². The third-order valence-corrected chi connectivity index (χ3v) is 4.22. The lowest BCUT2D eigenvalue weighted by Gasteiger charge is -2.37. The zero-order chi connectivity index (χ0) is 19.4. The normalized spacial score (nSPS) is 12.2. The maximum atomic E-state index is 12.5. The Balaban J connectivity index is 3.19. The van der Waals surface area contributed by atoms with Crippen molar-refractivity contribution >= 4 is 5.78 Å². The number of hydrogen-bond donors (Lipinski definition) is 0. The molecule has 0 bridgehead atoms. The second kappa shape index (κ2) is 8.09. The summed E-state index contributed by atoms with van der Waals surface area (Å²) < 4.78 is 16.2. The van der Waals surface area contributed by atoms with Crippen LogP contribution >= 0.6 is 0 Å². The van der Waals surface area contributed by atoms with Crippen molar-refractivity contribution in [2.24, 2.45) is 5.41 Å². The Morgan fingerprint density at radius 2 is 1.40 bits per heavy atom. The van der Waals surface area contributed by atoms with Gasteiger partial charge in [0.25, 0.3) is 0 Å². The lowest BCUT2D eigenvalue weighted by atomic mass is 9.89. The second-order valence-corrected chi connectivity index (χ2v) is 8.23. The highest BCUT2D eigenvalue weighted by Crippen LogP contribution is 2.38. The minimum absolute atomic E-state index is 0.151. The second-order valence-electron chi connectivity index (χ2n) is 8.23. The molecule has 0 aromatic heterocycles. The van der Waals surface area contributed by atoms with Crippen LogP contribution in [0.3, 0.4) is 0 Å². The molecule has 1 rings (SSSR count). The van der Waals surface area contributed by atoms with E-state index < -0.39 is 0 Å². The summed E-state index contributed by atoms with van der Waals surface area (Å²) in [7, 11) is 4.79. The molecule has 142 valence electrons. The van der Waals surface area contributed by atoms with Crippen molar-refractivity contribution in [3.05, 3.63) is 17.7 Å². The van der Waals surface area contributed by atoms with E-state index in [0.29, 0.717) is 30.3 Å². The topological polar surface area (TPSA) is 48.0 Å². The van der Waals surface area contributed by atoms with Crippen molar-refractivity contribution < 1.29 is 19.0 Å². The van der Waals surface area contributed by atoms with Gasteiger partial charge >= 0.3 is 0 Å². The van der Waals surface area contributed by atoms with Gasteiger partial charge in [0, 0.05) is 17.5 Å². The first kappa shape index (κ1) is 21.3. The minimum Gasteiger partial charge on any atom is -0.493 e. The van der Waals surface area contributed by atoms with Crippen LogP contribution in [0.1, 0.15) is 47.1 Å². The van der Waals surface area contributed by atoms with E-state index in [-0.39, 0.29) is 16.7 Å². The first-order valence-corrected chi connectivity index (χ1v) is 8.51. The average molecular weight is 351 g/mol. The Morgan fingerprint density at radius 3 is 1.72 bits per heavy atom. The molecule has 0 aliphatic rings. The molecule has 0 radical (unpaired) electrons. The molecule has 0 saturated carbocycles. The molecule has 0 aliphatic heterocycles. The molecule has 0 saturated heterocycles. The largest absolute Gasteiger partial charge is 0.493 e. The monoisotopic (exact) mass is 351 g/mol. The van der Waals surface area contributed by atoms with E-state index in [4.69, 9.17) is 14.2 Å². The Bertz CT molecular complexity index is 572. The van der Waals surface area contributed by atoms with Gasteiger partial charge in [-0.05, 0) is 38.5 Å². The zero-order valence-corrected chi connectivity index (χ0v) is 17.1. The number of ketones is 1. The number of nitrogens with zero attached hydrogens (tertiary/aromatic N) is 1. The van der Waals surface area contributed by atoms with Crippen LogP contribution in [-0.2, 0) is 11.3 Å². The number of carbonyl (C=O) groups is 1. The standard InChI is InChI=1S/C20H33NO4/c1-19(2,3)17(22)13-21(20(4,5)6)12-14-10-15(23-7)18(25-9)16(11-14)24-8/h10-11H,12-13H2,1-9H3. The summed E-state index contributed by atoms with van der Waals surface area (Å²) in [6.45, 7) is 13.2. The van der Waals surface area contributed by atoms with Crippen molar-refractivity contribution in [3.63, 3.8) is 0 Å². The molecule has 5 nitrogen and oxygen atoms in total. The number of Topliss-reactive ketones (excluding diaryl/α,β-unsaturated/α-hetero) is 1. The fourth-order valence-corrected chi connectivity index (χ4v) is 2.39. The molecule has 0 unspecified atom stereocenters. The highest BCUT2D eigenvalue weighted by molar-refractivity contribution is 5.85. The molecule has 0 spiro atoms. The summed E-state index contributed by atoms with van der Waals surface area (Å²) in [5.41, 5.74) is 0.492. The van der Waals surface area contributed by atoms with E-state index in [9.17, 15) is 4.79 Å². The molecular formula is C20H33NO4. The van der Waals surface area contributed by atoms with Gasteiger partial charge in [0.1, 0.15) is 0 Å². The number of carbonyl (C=O) groups excluding carboxylic acids is 1. The molecule has 0 amide bonds. The van der Waals surface area contributed by atoms with Gasteiger partial charge in [-0.25, -0.2) is 0 Å². The number of methoxy groups -OCH3 is 3. The molecule has 5 heteroatoms. The highest BCUT2D eigenvalue weighted by atomic mass is 16.5. The third kappa shape index (κ3) is 5.63. The maximum Gasteiger partial charge on any atom is 0.203 e. The lowest BCUT2D eigenvalue weighted by Crippen LogP contribution is -2.46.